The standard InChI is InChI=1S/C15H20BrN3O/c1-2-9-5-3-4-6-19(9)13-8-12-10(7-11(13)16)14(17)15(20)18-12/h7-9,14H,2-6,17H2,1H3,(H,18,20). The first-order chi connectivity index (χ1) is 9.61. The van der Waals surface area contributed by atoms with E-state index < -0.39 is 6.04 Å². The van der Waals surface area contributed by atoms with Gasteiger partial charge < -0.3 is 16.0 Å². The first-order valence-corrected chi connectivity index (χ1v) is 8.07. The highest BCUT2D eigenvalue weighted by molar-refractivity contribution is 9.10. The van der Waals surface area contributed by atoms with E-state index in [9.17, 15) is 4.79 Å². The van der Waals surface area contributed by atoms with Gasteiger partial charge in [-0.25, -0.2) is 0 Å². The number of carbonyl (C=O) groups excluding carboxylic acids is 1. The lowest BCUT2D eigenvalue weighted by Crippen LogP contribution is -2.39. The van der Waals surface area contributed by atoms with Gasteiger partial charge in [-0.15, -0.1) is 0 Å². The summed E-state index contributed by atoms with van der Waals surface area (Å²) in [5, 5.41) is 2.88. The van der Waals surface area contributed by atoms with E-state index >= 15 is 0 Å². The maximum Gasteiger partial charge on any atom is 0.245 e. The molecule has 1 aromatic rings. The van der Waals surface area contributed by atoms with E-state index in [4.69, 9.17) is 5.73 Å². The molecule has 0 radical (unpaired) electrons. The van der Waals surface area contributed by atoms with Crippen LogP contribution in [0.5, 0.6) is 0 Å². The highest BCUT2D eigenvalue weighted by Gasteiger charge is 2.30. The highest BCUT2D eigenvalue weighted by atomic mass is 79.9. The van der Waals surface area contributed by atoms with Crippen molar-refractivity contribution in [3.63, 3.8) is 0 Å². The lowest BCUT2D eigenvalue weighted by molar-refractivity contribution is -0.116. The summed E-state index contributed by atoms with van der Waals surface area (Å²) in [6.45, 7) is 3.32. The molecule has 5 heteroatoms. The Labute approximate surface area is 127 Å². The number of nitrogens with zero attached hydrogens (tertiary/aromatic N) is 1. The molecule has 3 N–H and O–H groups in total. The molecule has 4 nitrogen and oxygen atoms in total. The molecule has 108 valence electrons. The molecule has 20 heavy (non-hydrogen) atoms. The fourth-order valence-electron chi connectivity index (χ4n) is 3.26. The fourth-order valence-corrected chi connectivity index (χ4v) is 3.85. The Kier molecular flexibility index (Phi) is 3.73. The second-order valence-corrected chi connectivity index (χ2v) is 6.46. The minimum atomic E-state index is -0.543. The first-order valence-electron chi connectivity index (χ1n) is 7.28. The number of piperidine rings is 1. The van der Waals surface area contributed by atoms with Crippen molar-refractivity contribution >= 4 is 33.2 Å². The van der Waals surface area contributed by atoms with Gasteiger partial charge in [-0.3, -0.25) is 4.79 Å². The van der Waals surface area contributed by atoms with Crippen LogP contribution in [0.25, 0.3) is 0 Å². The van der Waals surface area contributed by atoms with E-state index in [0.717, 1.165) is 28.7 Å². The predicted octanol–water partition coefficient (Wildman–Crippen LogP) is 3.17. The molecular formula is C15H20BrN3O. The number of halogens is 1. The molecule has 2 heterocycles. The normalized spacial score (nSPS) is 25.6. The van der Waals surface area contributed by atoms with Crippen LogP contribution in [-0.4, -0.2) is 18.5 Å². The van der Waals surface area contributed by atoms with Crippen LogP contribution in [-0.2, 0) is 4.79 Å². The molecule has 2 unspecified atom stereocenters. The van der Waals surface area contributed by atoms with E-state index in [1.165, 1.54) is 24.9 Å². The largest absolute Gasteiger partial charge is 0.368 e. The smallest absolute Gasteiger partial charge is 0.245 e. The van der Waals surface area contributed by atoms with E-state index in [1.54, 1.807) is 0 Å². The average Bonchev–Trinajstić information content (AvgIpc) is 2.73. The second kappa shape index (κ2) is 5.37. The molecular weight excluding hydrogens is 318 g/mol. The van der Waals surface area contributed by atoms with E-state index in [1.807, 2.05) is 6.07 Å². The zero-order valence-electron chi connectivity index (χ0n) is 11.7. The Morgan fingerprint density at radius 2 is 2.25 bits per heavy atom. The molecule has 1 aromatic carbocycles. The first kappa shape index (κ1) is 13.9. The zero-order chi connectivity index (χ0) is 14.3. The number of hydrogen-bond donors (Lipinski definition) is 2. The van der Waals surface area contributed by atoms with Crippen molar-refractivity contribution in [3.8, 4) is 0 Å². The van der Waals surface area contributed by atoms with Crippen molar-refractivity contribution in [1.29, 1.82) is 0 Å². The molecule has 0 aromatic heterocycles. The van der Waals surface area contributed by atoms with Gasteiger partial charge in [-0.05, 0) is 53.7 Å². The van der Waals surface area contributed by atoms with Crippen molar-refractivity contribution in [1.82, 2.24) is 0 Å². The third-order valence-corrected chi connectivity index (χ3v) is 5.04. The van der Waals surface area contributed by atoms with Crippen LogP contribution in [0.3, 0.4) is 0 Å². The summed E-state index contributed by atoms with van der Waals surface area (Å²) in [4.78, 5) is 14.1. The molecule has 3 rings (SSSR count). The summed E-state index contributed by atoms with van der Waals surface area (Å²) in [6.07, 6.45) is 4.92. The van der Waals surface area contributed by atoms with Gasteiger partial charge in [-0.2, -0.15) is 0 Å². The van der Waals surface area contributed by atoms with E-state index in [0.29, 0.717) is 6.04 Å². The Hall–Kier alpha value is -1.07. The van der Waals surface area contributed by atoms with Crippen molar-refractivity contribution in [2.45, 2.75) is 44.7 Å². The van der Waals surface area contributed by atoms with Crippen LogP contribution in [0.1, 0.15) is 44.2 Å². The number of nitrogens with two attached hydrogens (primary N) is 1. The van der Waals surface area contributed by atoms with Gasteiger partial charge in [0.05, 0.1) is 5.69 Å². The van der Waals surface area contributed by atoms with Gasteiger partial charge in [0.2, 0.25) is 5.91 Å². The Morgan fingerprint density at radius 1 is 1.45 bits per heavy atom. The average molecular weight is 338 g/mol. The van der Waals surface area contributed by atoms with Gasteiger partial charge in [0, 0.05) is 28.3 Å². The molecule has 1 amide bonds. The second-order valence-electron chi connectivity index (χ2n) is 5.61. The Balaban J connectivity index is 1.99. The molecule has 2 atom stereocenters. The number of nitrogens with one attached hydrogen (secondary N) is 1. The van der Waals surface area contributed by atoms with E-state index in [2.05, 4.69) is 39.1 Å². The molecule has 0 bridgehead atoms. The van der Waals surface area contributed by atoms with Crippen molar-refractivity contribution in [2.75, 3.05) is 16.8 Å². The zero-order valence-corrected chi connectivity index (χ0v) is 13.2. The summed E-state index contributed by atoms with van der Waals surface area (Å²) >= 11 is 3.65. The summed E-state index contributed by atoms with van der Waals surface area (Å²) < 4.78 is 1.03. The lowest BCUT2D eigenvalue weighted by atomic mass is 9.98. The summed E-state index contributed by atoms with van der Waals surface area (Å²) in [5.41, 5.74) is 8.81. The number of benzene rings is 1. The maximum atomic E-state index is 11.7. The van der Waals surface area contributed by atoms with Gasteiger partial charge >= 0.3 is 0 Å². The molecule has 2 aliphatic heterocycles. The third kappa shape index (κ3) is 2.23. The molecule has 2 aliphatic rings. The quantitative estimate of drug-likeness (QED) is 0.871. The predicted molar refractivity (Wildman–Crippen MR) is 85.0 cm³/mol. The van der Waals surface area contributed by atoms with E-state index in [-0.39, 0.29) is 5.91 Å². The number of hydrogen-bond acceptors (Lipinski definition) is 3. The molecule has 0 aliphatic carbocycles. The summed E-state index contributed by atoms with van der Waals surface area (Å²) in [7, 11) is 0. The third-order valence-electron chi connectivity index (χ3n) is 4.40. The number of carbonyl (C=O) groups is 1. The van der Waals surface area contributed by atoms with Crippen LogP contribution < -0.4 is 16.0 Å². The number of amides is 1. The molecule has 1 saturated heterocycles. The number of rotatable bonds is 2. The van der Waals surface area contributed by atoms with Gasteiger partial charge in [0.1, 0.15) is 6.04 Å². The molecule has 0 saturated carbocycles. The Morgan fingerprint density at radius 3 is 3.00 bits per heavy atom. The topological polar surface area (TPSA) is 58.4 Å². The summed E-state index contributed by atoms with van der Waals surface area (Å²) in [5.74, 6) is -0.116. The van der Waals surface area contributed by atoms with Gasteiger partial charge in [-0.1, -0.05) is 6.92 Å². The Bertz CT molecular complexity index is 546. The van der Waals surface area contributed by atoms with Crippen LogP contribution in [0.15, 0.2) is 16.6 Å². The fraction of sp³-hybridized carbons (Fsp3) is 0.533. The highest BCUT2D eigenvalue weighted by Crippen LogP contribution is 2.40. The van der Waals surface area contributed by atoms with Crippen molar-refractivity contribution < 1.29 is 4.79 Å². The van der Waals surface area contributed by atoms with Crippen LogP contribution >= 0.6 is 15.9 Å². The van der Waals surface area contributed by atoms with Crippen molar-refractivity contribution in [3.05, 3.63) is 22.2 Å². The lowest BCUT2D eigenvalue weighted by Gasteiger charge is -2.38. The van der Waals surface area contributed by atoms with Gasteiger partial charge in [0.25, 0.3) is 0 Å². The van der Waals surface area contributed by atoms with Crippen LogP contribution in [0, 0.1) is 0 Å². The van der Waals surface area contributed by atoms with Crippen LogP contribution in [0.2, 0.25) is 0 Å². The molecule has 0 spiro atoms. The number of anilines is 2. The SMILES string of the molecule is CCC1CCCCN1c1cc2c(cc1Br)C(N)C(=O)N2. The monoisotopic (exact) mass is 337 g/mol. The minimum absolute atomic E-state index is 0.116. The van der Waals surface area contributed by atoms with Crippen LogP contribution in [0.4, 0.5) is 11.4 Å². The maximum absolute atomic E-state index is 11.7. The van der Waals surface area contributed by atoms with Gasteiger partial charge in [0.15, 0.2) is 0 Å². The minimum Gasteiger partial charge on any atom is -0.368 e. The molecule has 1 fully saturated rings. The van der Waals surface area contributed by atoms with Crippen molar-refractivity contribution in [2.24, 2.45) is 5.73 Å². The summed E-state index contributed by atoms with van der Waals surface area (Å²) in [6, 6.07) is 4.11. The number of fused-ring (bicyclic) bond motifs is 1.